The molecule has 0 fully saturated rings. The molecule has 0 saturated carbocycles. The Morgan fingerprint density at radius 2 is 2.05 bits per heavy atom. The van der Waals surface area contributed by atoms with Crippen molar-refractivity contribution in [3.8, 4) is 0 Å². The van der Waals surface area contributed by atoms with E-state index in [1.807, 2.05) is 0 Å². The van der Waals surface area contributed by atoms with Crippen molar-refractivity contribution in [3.63, 3.8) is 0 Å². The van der Waals surface area contributed by atoms with Gasteiger partial charge < -0.3 is 20.4 Å². The van der Waals surface area contributed by atoms with E-state index < -0.39 is 17.6 Å². The third kappa shape index (κ3) is 2.83. The average molecular weight is 282 g/mol. The summed E-state index contributed by atoms with van der Waals surface area (Å²) >= 11 is 5.85. The Morgan fingerprint density at radius 1 is 1.32 bits per heavy atom. The zero-order valence-corrected chi connectivity index (χ0v) is 10.1. The van der Waals surface area contributed by atoms with Gasteiger partial charge in [-0.1, -0.05) is 11.6 Å². The lowest BCUT2D eigenvalue weighted by Crippen LogP contribution is -2.14. The lowest BCUT2D eigenvalue weighted by molar-refractivity contribution is 0.0696. The van der Waals surface area contributed by atoms with Crippen molar-refractivity contribution in [2.24, 2.45) is 0 Å². The Kier molecular flexibility index (Phi) is 3.39. The molecule has 0 bridgehead atoms. The van der Waals surface area contributed by atoms with Crippen LogP contribution >= 0.6 is 11.6 Å². The van der Waals surface area contributed by atoms with Crippen LogP contribution in [-0.2, 0) is 0 Å². The molecular weight excluding hydrogens is 274 g/mol. The monoisotopic (exact) mass is 281 g/mol. The summed E-state index contributed by atoms with van der Waals surface area (Å²) in [6, 6.07) is 3.91. The number of hydrogen-bond donors (Lipinski definition) is 4. The highest BCUT2D eigenvalue weighted by molar-refractivity contribution is 6.34. The van der Waals surface area contributed by atoms with Gasteiger partial charge in [-0.05, 0) is 18.2 Å². The molecule has 19 heavy (non-hydrogen) atoms. The van der Waals surface area contributed by atoms with Crippen LogP contribution in [0.4, 0.5) is 5.69 Å². The van der Waals surface area contributed by atoms with Crippen LogP contribution in [0.3, 0.4) is 0 Å². The Labute approximate surface area is 111 Å². The second-order valence-corrected chi connectivity index (χ2v) is 4.02. The number of carboxylic acid groups (broad SMARTS) is 1. The standard InChI is InChI=1S/C11H8ClN3O4/c12-6-2-1-5(10(17)18)3-7(6)14-9(16)8-4-13-11(19)15-8/h1-4H,(H,14,16)(H,17,18)(H2,13,15,19). The highest BCUT2D eigenvalue weighted by Crippen LogP contribution is 2.23. The van der Waals surface area contributed by atoms with E-state index in [0.29, 0.717) is 0 Å². The van der Waals surface area contributed by atoms with Crippen molar-refractivity contribution in [3.05, 3.63) is 51.2 Å². The van der Waals surface area contributed by atoms with E-state index in [1.165, 1.54) is 24.4 Å². The summed E-state index contributed by atoms with van der Waals surface area (Å²) in [5, 5.41) is 11.4. The van der Waals surface area contributed by atoms with E-state index in [-0.39, 0.29) is 22.0 Å². The number of H-pyrrole nitrogens is 2. The maximum Gasteiger partial charge on any atom is 0.335 e. The zero-order chi connectivity index (χ0) is 14.0. The number of aromatic carboxylic acids is 1. The summed E-state index contributed by atoms with van der Waals surface area (Å²) in [6.45, 7) is 0. The predicted molar refractivity (Wildman–Crippen MR) is 67.8 cm³/mol. The third-order valence-electron chi connectivity index (χ3n) is 2.30. The van der Waals surface area contributed by atoms with Gasteiger partial charge in [0.2, 0.25) is 0 Å². The molecule has 0 saturated heterocycles. The molecule has 0 aliphatic rings. The van der Waals surface area contributed by atoms with Gasteiger partial charge in [0.05, 0.1) is 16.3 Å². The highest BCUT2D eigenvalue weighted by Gasteiger charge is 2.12. The van der Waals surface area contributed by atoms with Crippen molar-refractivity contribution in [1.82, 2.24) is 9.97 Å². The number of benzene rings is 1. The lowest BCUT2D eigenvalue weighted by Gasteiger charge is -2.06. The minimum Gasteiger partial charge on any atom is -0.478 e. The fourth-order valence-electron chi connectivity index (χ4n) is 1.40. The van der Waals surface area contributed by atoms with Gasteiger partial charge in [-0.25, -0.2) is 9.59 Å². The normalized spacial score (nSPS) is 10.2. The van der Waals surface area contributed by atoms with Crippen LogP contribution in [0.2, 0.25) is 5.02 Å². The van der Waals surface area contributed by atoms with Crippen LogP contribution in [0, 0.1) is 0 Å². The predicted octanol–water partition coefficient (Wildman–Crippen LogP) is 1.31. The van der Waals surface area contributed by atoms with Crippen LogP contribution in [0.1, 0.15) is 20.8 Å². The molecule has 2 aromatic rings. The average Bonchev–Trinajstić information content (AvgIpc) is 2.78. The Bertz CT molecular complexity index is 704. The Hall–Kier alpha value is -2.54. The fraction of sp³-hybridized carbons (Fsp3) is 0. The number of aromatic amines is 2. The Balaban J connectivity index is 2.28. The molecule has 0 radical (unpaired) electrons. The first-order chi connectivity index (χ1) is 8.97. The molecule has 8 heteroatoms. The molecule has 1 aromatic heterocycles. The van der Waals surface area contributed by atoms with E-state index in [1.54, 1.807) is 0 Å². The number of imidazole rings is 1. The van der Waals surface area contributed by atoms with Crippen LogP contribution < -0.4 is 11.0 Å². The number of aromatic nitrogens is 2. The summed E-state index contributed by atoms with van der Waals surface area (Å²) in [5.41, 5.74) is -0.367. The fourth-order valence-corrected chi connectivity index (χ4v) is 1.56. The van der Waals surface area contributed by atoms with E-state index in [4.69, 9.17) is 16.7 Å². The molecule has 2 rings (SSSR count). The first kappa shape index (κ1) is 12.9. The summed E-state index contributed by atoms with van der Waals surface area (Å²) in [5.74, 6) is -1.75. The quantitative estimate of drug-likeness (QED) is 0.679. The number of halogens is 1. The molecule has 1 amide bonds. The van der Waals surface area contributed by atoms with Crippen molar-refractivity contribution in [2.45, 2.75) is 0 Å². The highest BCUT2D eigenvalue weighted by atomic mass is 35.5. The van der Waals surface area contributed by atoms with Crippen LogP contribution in [0.15, 0.2) is 29.2 Å². The van der Waals surface area contributed by atoms with E-state index in [9.17, 15) is 14.4 Å². The molecule has 7 nitrogen and oxygen atoms in total. The molecular formula is C11H8ClN3O4. The summed E-state index contributed by atoms with van der Waals surface area (Å²) in [7, 11) is 0. The molecule has 1 heterocycles. The third-order valence-corrected chi connectivity index (χ3v) is 2.63. The van der Waals surface area contributed by atoms with Crippen molar-refractivity contribution < 1.29 is 14.7 Å². The minimum absolute atomic E-state index is 0.0118. The lowest BCUT2D eigenvalue weighted by atomic mass is 10.2. The van der Waals surface area contributed by atoms with Gasteiger partial charge in [0, 0.05) is 6.20 Å². The molecule has 0 atom stereocenters. The number of hydrogen-bond acceptors (Lipinski definition) is 3. The van der Waals surface area contributed by atoms with Gasteiger partial charge >= 0.3 is 11.7 Å². The number of carboxylic acids is 1. The van der Waals surface area contributed by atoms with E-state index >= 15 is 0 Å². The number of rotatable bonds is 3. The molecule has 98 valence electrons. The van der Waals surface area contributed by atoms with Crippen LogP contribution in [0.5, 0.6) is 0 Å². The first-order valence-corrected chi connectivity index (χ1v) is 5.47. The number of carbonyl (C=O) groups is 2. The van der Waals surface area contributed by atoms with Gasteiger partial charge in [-0.2, -0.15) is 0 Å². The molecule has 0 aliphatic heterocycles. The van der Waals surface area contributed by atoms with Gasteiger partial charge in [-0.3, -0.25) is 4.79 Å². The van der Waals surface area contributed by atoms with E-state index in [0.717, 1.165) is 0 Å². The largest absolute Gasteiger partial charge is 0.478 e. The number of anilines is 1. The van der Waals surface area contributed by atoms with Crippen LogP contribution in [0.25, 0.3) is 0 Å². The number of amides is 1. The minimum atomic E-state index is -1.14. The van der Waals surface area contributed by atoms with E-state index in [2.05, 4.69) is 15.3 Å². The SMILES string of the molecule is O=C(O)c1ccc(Cl)c(NC(=O)c2c[nH]c(=O)[nH]2)c1. The molecule has 0 unspecified atom stereocenters. The number of carbonyl (C=O) groups excluding carboxylic acids is 1. The van der Waals surface area contributed by atoms with Crippen LogP contribution in [-0.4, -0.2) is 27.0 Å². The maximum atomic E-state index is 11.8. The van der Waals surface area contributed by atoms with Gasteiger partial charge in [-0.15, -0.1) is 0 Å². The molecule has 1 aromatic carbocycles. The summed E-state index contributed by atoms with van der Waals surface area (Å²) in [6.07, 6.45) is 1.20. The summed E-state index contributed by atoms with van der Waals surface area (Å²) < 4.78 is 0. The summed E-state index contributed by atoms with van der Waals surface area (Å²) in [4.78, 5) is 38.0. The molecule has 4 N–H and O–H groups in total. The zero-order valence-electron chi connectivity index (χ0n) is 9.36. The van der Waals surface area contributed by atoms with Crippen molar-refractivity contribution in [2.75, 3.05) is 5.32 Å². The van der Waals surface area contributed by atoms with Crippen molar-refractivity contribution in [1.29, 1.82) is 0 Å². The Morgan fingerprint density at radius 3 is 2.63 bits per heavy atom. The van der Waals surface area contributed by atoms with Gasteiger partial charge in [0.1, 0.15) is 5.69 Å². The molecule has 0 aliphatic carbocycles. The maximum absolute atomic E-state index is 11.8. The van der Waals surface area contributed by atoms with Crippen molar-refractivity contribution >= 4 is 29.2 Å². The second kappa shape index (κ2) is 4.99. The van der Waals surface area contributed by atoms with Gasteiger partial charge in [0.15, 0.2) is 0 Å². The molecule has 0 spiro atoms. The second-order valence-electron chi connectivity index (χ2n) is 3.61. The first-order valence-electron chi connectivity index (χ1n) is 5.09. The smallest absolute Gasteiger partial charge is 0.335 e. The number of nitrogens with one attached hydrogen (secondary N) is 3. The topological polar surface area (TPSA) is 115 Å². The van der Waals surface area contributed by atoms with Gasteiger partial charge in [0.25, 0.3) is 5.91 Å².